The van der Waals surface area contributed by atoms with E-state index >= 15 is 0 Å². The molecule has 0 radical (unpaired) electrons. The van der Waals surface area contributed by atoms with Gasteiger partial charge in [0, 0.05) is 0 Å². The van der Waals surface area contributed by atoms with E-state index < -0.39 is 46.0 Å². The van der Waals surface area contributed by atoms with Crippen molar-refractivity contribution in [2.45, 2.75) is 6.18 Å². The van der Waals surface area contributed by atoms with Crippen molar-refractivity contribution in [1.82, 2.24) is 0 Å². The van der Waals surface area contributed by atoms with Crippen LogP contribution in [0.5, 0.6) is 0 Å². The fraction of sp³-hybridized carbons (Fsp3) is 0.133. The number of benzene rings is 2. The number of hydrogen-bond donors (Lipinski definition) is 0. The third-order valence-corrected chi connectivity index (χ3v) is 2.99. The SMILES string of the molecule is COC(=O)c1cc(F)c(F)cc1-c1ccccc1C(F)(F)F. The van der Waals surface area contributed by atoms with Crippen LogP contribution >= 0.6 is 0 Å². The highest BCUT2D eigenvalue weighted by molar-refractivity contribution is 5.97. The highest BCUT2D eigenvalue weighted by Gasteiger charge is 2.34. The van der Waals surface area contributed by atoms with Crippen molar-refractivity contribution in [2.75, 3.05) is 7.11 Å². The second-order valence-electron chi connectivity index (χ2n) is 4.35. The summed E-state index contributed by atoms with van der Waals surface area (Å²) in [6.45, 7) is 0. The van der Waals surface area contributed by atoms with Crippen LogP contribution in [0.2, 0.25) is 0 Å². The topological polar surface area (TPSA) is 26.3 Å². The third-order valence-electron chi connectivity index (χ3n) is 2.99. The molecule has 0 amide bonds. The first-order valence-electron chi connectivity index (χ1n) is 5.99. The Kier molecular flexibility index (Phi) is 4.16. The molecule has 0 fully saturated rings. The molecule has 2 aromatic carbocycles. The monoisotopic (exact) mass is 316 g/mol. The molecule has 0 aliphatic carbocycles. The smallest absolute Gasteiger partial charge is 0.417 e. The average Bonchev–Trinajstić information content (AvgIpc) is 2.48. The quantitative estimate of drug-likeness (QED) is 0.605. The standard InChI is InChI=1S/C15H9F5O2/c1-22-14(21)10-7-13(17)12(16)6-9(10)8-4-2-3-5-11(8)15(18,19)20/h2-7H,1H3. The number of hydrogen-bond acceptors (Lipinski definition) is 2. The van der Waals surface area contributed by atoms with Crippen molar-refractivity contribution < 1.29 is 31.5 Å². The fourth-order valence-electron chi connectivity index (χ4n) is 2.01. The van der Waals surface area contributed by atoms with Gasteiger partial charge in [-0.25, -0.2) is 13.6 Å². The third kappa shape index (κ3) is 2.93. The fourth-order valence-corrected chi connectivity index (χ4v) is 2.01. The Morgan fingerprint density at radius 2 is 1.59 bits per heavy atom. The zero-order valence-electron chi connectivity index (χ0n) is 11.2. The maximum atomic E-state index is 13.4. The van der Waals surface area contributed by atoms with Crippen molar-refractivity contribution in [3.63, 3.8) is 0 Å². The highest BCUT2D eigenvalue weighted by Crippen LogP contribution is 2.38. The molecular formula is C15H9F5O2. The second-order valence-corrected chi connectivity index (χ2v) is 4.35. The summed E-state index contributed by atoms with van der Waals surface area (Å²) in [5.74, 6) is -3.78. The van der Waals surface area contributed by atoms with Crippen LogP contribution in [-0.4, -0.2) is 13.1 Å². The average molecular weight is 316 g/mol. The Bertz CT molecular complexity index is 722. The van der Waals surface area contributed by atoms with Gasteiger partial charge >= 0.3 is 12.1 Å². The van der Waals surface area contributed by atoms with Crippen LogP contribution in [0.4, 0.5) is 22.0 Å². The van der Waals surface area contributed by atoms with Gasteiger partial charge in [-0.05, 0) is 29.3 Å². The molecule has 0 saturated heterocycles. The van der Waals surface area contributed by atoms with Crippen LogP contribution in [0.1, 0.15) is 15.9 Å². The first-order valence-corrected chi connectivity index (χ1v) is 5.99. The Morgan fingerprint density at radius 3 is 2.18 bits per heavy atom. The number of alkyl halides is 3. The molecule has 116 valence electrons. The number of halogens is 5. The van der Waals surface area contributed by atoms with Crippen molar-refractivity contribution >= 4 is 5.97 Å². The van der Waals surface area contributed by atoms with E-state index in [1.807, 2.05) is 0 Å². The zero-order chi connectivity index (χ0) is 16.5. The van der Waals surface area contributed by atoms with Crippen LogP contribution in [0, 0.1) is 11.6 Å². The van der Waals surface area contributed by atoms with E-state index in [-0.39, 0.29) is 0 Å². The molecule has 0 bridgehead atoms. The van der Waals surface area contributed by atoms with E-state index in [1.54, 1.807) is 0 Å². The number of methoxy groups -OCH3 is 1. The minimum Gasteiger partial charge on any atom is -0.465 e. The maximum Gasteiger partial charge on any atom is 0.417 e. The van der Waals surface area contributed by atoms with Gasteiger partial charge in [-0.1, -0.05) is 18.2 Å². The molecule has 2 aromatic rings. The Morgan fingerprint density at radius 1 is 1.00 bits per heavy atom. The van der Waals surface area contributed by atoms with Crippen LogP contribution in [-0.2, 0) is 10.9 Å². The molecule has 0 atom stereocenters. The highest BCUT2D eigenvalue weighted by atomic mass is 19.4. The lowest BCUT2D eigenvalue weighted by atomic mass is 9.94. The summed E-state index contributed by atoms with van der Waals surface area (Å²) in [5.41, 5.74) is -2.38. The van der Waals surface area contributed by atoms with Gasteiger partial charge in [0.2, 0.25) is 0 Å². The van der Waals surface area contributed by atoms with Crippen LogP contribution in [0.3, 0.4) is 0 Å². The lowest BCUT2D eigenvalue weighted by Crippen LogP contribution is -2.10. The molecule has 0 aliphatic rings. The van der Waals surface area contributed by atoms with Gasteiger partial charge in [0.05, 0.1) is 18.2 Å². The van der Waals surface area contributed by atoms with Gasteiger partial charge in [-0.2, -0.15) is 13.2 Å². The summed E-state index contributed by atoms with van der Waals surface area (Å²) in [5, 5.41) is 0. The summed E-state index contributed by atoms with van der Waals surface area (Å²) < 4.78 is 70.3. The van der Waals surface area contributed by atoms with Gasteiger partial charge in [0.25, 0.3) is 0 Å². The normalized spacial score (nSPS) is 11.4. The van der Waals surface area contributed by atoms with Gasteiger partial charge < -0.3 is 4.74 Å². The molecule has 2 nitrogen and oxygen atoms in total. The summed E-state index contributed by atoms with van der Waals surface area (Å²) in [6, 6.07) is 5.38. The first-order chi connectivity index (χ1) is 10.3. The second kappa shape index (κ2) is 5.75. The molecule has 0 N–H and O–H groups in total. The number of rotatable bonds is 2. The van der Waals surface area contributed by atoms with Crippen molar-refractivity contribution in [3.8, 4) is 11.1 Å². The van der Waals surface area contributed by atoms with E-state index in [0.717, 1.165) is 25.3 Å². The Balaban J connectivity index is 2.78. The first kappa shape index (κ1) is 15.9. The molecule has 0 heterocycles. The van der Waals surface area contributed by atoms with E-state index in [0.29, 0.717) is 12.1 Å². The van der Waals surface area contributed by atoms with Crippen LogP contribution < -0.4 is 0 Å². The summed E-state index contributed by atoms with van der Waals surface area (Å²) in [6.07, 6.45) is -4.71. The molecule has 22 heavy (non-hydrogen) atoms. The number of carbonyl (C=O) groups is 1. The van der Waals surface area contributed by atoms with Crippen LogP contribution in [0.15, 0.2) is 36.4 Å². The van der Waals surface area contributed by atoms with Gasteiger partial charge in [0.1, 0.15) is 0 Å². The minimum absolute atomic E-state index is 0.390. The molecule has 0 spiro atoms. The van der Waals surface area contributed by atoms with Gasteiger partial charge in [-0.15, -0.1) is 0 Å². The molecule has 7 heteroatoms. The lowest BCUT2D eigenvalue weighted by Gasteiger charge is -2.15. The predicted octanol–water partition coefficient (Wildman–Crippen LogP) is 4.44. The molecule has 0 saturated carbocycles. The Hall–Kier alpha value is -2.44. The van der Waals surface area contributed by atoms with Gasteiger partial charge in [-0.3, -0.25) is 0 Å². The van der Waals surface area contributed by atoms with E-state index in [2.05, 4.69) is 4.74 Å². The number of carbonyl (C=O) groups excluding carboxylic acids is 1. The van der Waals surface area contributed by atoms with E-state index in [1.165, 1.54) is 6.07 Å². The minimum atomic E-state index is -4.71. The number of ether oxygens (including phenoxy) is 1. The summed E-state index contributed by atoms with van der Waals surface area (Å²) in [4.78, 5) is 11.6. The van der Waals surface area contributed by atoms with Crippen LogP contribution in [0.25, 0.3) is 11.1 Å². The van der Waals surface area contributed by atoms with Gasteiger partial charge in [0.15, 0.2) is 11.6 Å². The predicted molar refractivity (Wildman–Crippen MR) is 68.1 cm³/mol. The molecule has 2 rings (SSSR count). The summed E-state index contributed by atoms with van der Waals surface area (Å²) in [7, 11) is 0.989. The van der Waals surface area contributed by atoms with E-state index in [9.17, 15) is 26.7 Å². The zero-order valence-corrected chi connectivity index (χ0v) is 11.2. The maximum absolute atomic E-state index is 13.4. The molecule has 0 aliphatic heterocycles. The van der Waals surface area contributed by atoms with Crippen molar-refractivity contribution in [1.29, 1.82) is 0 Å². The lowest BCUT2D eigenvalue weighted by molar-refractivity contribution is -0.137. The molecular weight excluding hydrogens is 307 g/mol. The largest absolute Gasteiger partial charge is 0.465 e. The Labute approximate surface area is 122 Å². The molecule has 0 unspecified atom stereocenters. The molecule has 0 aromatic heterocycles. The number of esters is 1. The van der Waals surface area contributed by atoms with Crippen molar-refractivity contribution in [3.05, 3.63) is 59.2 Å². The van der Waals surface area contributed by atoms with E-state index in [4.69, 9.17) is 0 Å². The van der Waals surface area contributed by atoms with Crippen molar-refractivity contribution in [2.24, 2.45) is 0 Å². The summed E-state index contributed by atoms with van der Waals surface area (Å²) >= 11 is 0.